The number of benzene rings is 1. The number of amides is 2. The summed E-state index contributed by atoms with van der Waals surface area (Å²) in [6.07, 6.45) is 4.88. The predicted octanol–water partition coefficient (Wildman–Crippen LogP) is 2.35. The lowest BCUT2D eigenvalue weighted by Gasteiger charge is -2.42. The zero-order valence-corrected chi connectivity index (χ0v) is 17.4. The minimum Gasteiger partial charge on any atom is -0.340 e. The molecule has 158 valence electrons. The molecule has 0 aliphatic carbocycles. The third-order valence-corrected chi connectivity index (χ3v) is 6.15. The second-order valence-corrected chi connectivity index (χ2v) is 8.14. The normalized spacial score (nSPS) is 20.4. The van der Waals surface area contributed by atoms with Gasteiger partial charge in [-0.25, -0.2) is 0 Å². The van der Waals surface area contributed by atoms with Crippen LogP contribution in [0.3, 0.4) is 0 Å². The molecule has 0 spiro atoms. The van der Waals surface area contributed by atoms with E-state index in [9.17, 15) is 9.59 Å². The van der Waals surface area contributed by atoms with Crippen LogP contribution >= 0.6 is 0 Å². The molecule has 2 aliphatic rings. The third kappa shape index (κ3) is 5.05. The van der Waals surface area contributed by atoms with Crippen molar-refractivity contribution >= 4 is 11.8 Å². The molecule has 6 nitrogen and oxygen atoms in total. The summed E-state index contributed by atoms with van der Waals surface area (Å²) in [6.45, 7) is 4.45. The molecule has 30 heavy (non-hydrogen) atoms. The molecule has 0 radical (unpaired) electrons. The van der Waals surface area contributed by atoms with E-state index >= 15 is 0 Å². The van der Waals surface area contributed by atoms with Crippen molar-refractivity contribution < 1.29 is 9.59 Å². The summed E-state index contributed by atoms with van der Waals surface area (Å²) in [5.74, 6) is 0.418. The zero-order chi connectivity index (χ0) is 20.8. The van der Waals surface area contributed by atoms with Crippen LogP contribution in [0.25, 0.3) is 0 Å². The van der Waals surface area contributed by atoms with Gasteiger partial charge in [-0.05, 0) is 37.0 Å². The fourth-order valence-corrected chi connectivity index (χ4v) is 4.44. The van der Waals surface area contributed by atoms with Gasteiger partial charge in [0, 0.05) is 57.6 Å². The minimum atomic E-state index is -0.0479. The van der Waals surface area contributed by atoms with Crippen LogP contribution in [0.1, 0.15) is 30.5 Å². The number of aromatic nitrogens is 1. The molecule has 0 saturated carbocycles. The minimum absolute atomic E-state index is 0.0479. The molecule has 0 unspecified atom stereocenters. The van der Waals surface area contributed by atoms with Gasteiger partial charge in [0.15, 0.2) is 0 Å². The van der Waals surface area contributed by atoms with Crippen molar-refractivity contribution in [1.82, 2.24) is 19.7 Å². The van der Waals surface area contributed by atoms with Gasteiger partial charge in [0.1, 0.15) is 0 Å². The van der Waals surface area contributed by atoms with E-state index in [0.29, 0.717) is 32.5 Å². The molecule has 2 aromatic rings. The van der Waals surface area contributed by atoms with E-state index < -0.39 is 0 Å². The molecule has 6 heteroatoms. The summed E-state index contributed by atoms with van der Waals surface area (Å²) in [6, 6.07) is 15.9. The molecule has 3 heterocycles. The summed E-state index contributed by atoms with van der Waals surface area (Å²) in [7, 11) is 0. The first-order chi connectivity index (χ1) is 14.7. The van der Waals surface area contributed by atoms with E-state index in [0.717, 1.165) is 38.2 Å². The average Bonchev–Trinajstić information content (AvgIpc) is 2.80. The van der Waals surface area contributed by atoms with Crippen LogP contribution in [0.4, 0.5) is 0 Å². The molecule has 1 aromatic heterocycles. The molecule has 2 fully saturated rings. The molecular weight excluding hydrogens is 376 g/mol. The van der Waals surface area contributed by atoms with E-state index in [1.54, 1.807) is 6.20 Å². The Hall–Kier alpha value is -2.73. The monoisotopic (exact) mass is 406 g/mol. The second kappa shape index (κ2) is 9.85. The lowest BCUT2D eigenvalue weighted by Crippen LogP contribution is -2.58. The second-order valence-electron chi connectivity index (χ2n) is 8.14. The van der Waals surface area contributed by atoms with E-state index in [1.807, 2.05) is 46.2 Å². The van der Waals surface area contributed by atoms with Gasteiger partial charge in [-0.15, -0.1) is 0 Å². The standard InChI is InChI=1S/C24H30N4O2/c29-23(12-11-21-9-4-5-13-25-21)27-17-15-26(16-18-27)22-10-6-14-28(24(22)30)19-20-7-2-1-3-8-20/h1-5,7-9,13,22H,6,10-12,14-19H2/t22-/m0/s1. The van der Waals surface area contributed by atoms with Gasteiger partial charge in [-0.3, -0.25) is 19.5 Å². The Balaban J connectivity index is 1.27. The van der Waals surface area contributed by atoms with Crippen molar-refractivity contribution in [3.8, 4) is 0 Å². The Bertz CT molecular complexity index is 835. The number of piperidine rings is 1. The van der Waals surface area contributed by atoms with E-state index in [-0.39, 0.29) is 17.9 Å². The molecular formula is C24H30N4O2. The maximum Gasteiger partial charge on any atom is 0.240 e. The van der Waals surface area contributed by atoms with Crippen molar-refractivity contribution in [3.05, 3.63) is 66.0 Å². The number of likely N-dealkylation sites (tertiary alicyclic amines) is 1. The van der Waals surface area contributed by atoms with Crippen LogP contribution in [0.2, 0.25) is 0 Å². The van der Waals surface area contributed by atoms with Gasteiger partial charge in [-0.2, -0.15) is 0 Å². The molecule has 2 saturated heterocycles. The maximum absolute atomic E-state index is 13.1. The number of hydrogen-bond acceptors (Lipinski definition) is 4. The van der Waals surface area contributed by atoms with Gasteiger partial charge < -0.3 is 9.80 Å². The molecule has 0 bridgehead atoms. The molecule has 1 atom stereocenters. The van der Waals surface area contributed by atoms with Crippen molar-refractivity contribution in [1.29, 1.82) is 0 Å². The molecule has 4 rings (SSSR count). The number of pyridine rings is 1. The summed E-state index contributed by atoms with van der Waals surface area (Å²) >= 11 is 0. The Morgan fingerprint density at radius 3 is 2.47 bits per heavy atom. The lowest BCUT2D eigenvalue weighted by molar-refractivity contribution is -0.143. The van der Waals surface area contributed by atoms with Crippen LogP contribution in [-0.4, -0.2) is 70.3 Å². The van der Waals surface area contributed by atoms with Crippen molar-refractivity contribution in [2.45, 2.75) is 38.3 Å². The quantitative estimate of drug-likeness (QED) is 0.739. The van der Waals surface area contributed by atoms with E-state index in [2.05, 4.69) is 22.0 Å². The van der Waals surface area contributed by atoms with Gasteiger partial charge in [-0.1, -0.05) is 36.4 Å². The molecule has 0 N–H and O–H groups in total. The van der Waals surface area contributed by atoms with Crippen LogP contribution in [-0.2, 0) is 22.6 Å². The molecule has 1 aromatic carbocycles. The van der Waals surface area contributed by atoms with Gasteiger partial charge in [0.05, 0.1) is 6.04 Å². The maximum atomic E-state index is 13.1. The molecule has 2 aliphatic heterocycles. The van der Waals surface area contributed by atoms with E-state index in [1.165, 1.54) is 5.56 Å². The summed E-state index contributed by atoms with van der Waals surface area (Å²) in [5.41, 5.74) is 2.13. The highest BCUT2D eigenvalue weighted by molar-refractivity contribution is 5.82. The highest BCUT2D eigenvalue weighted by Gasteiger charge is 2.35. The van der Waals surface area contributed by atoms with Gasteiger partial charge in [0.2, 0.25) is 11.8 Å². The number of aryl methyl sites for hydroxylation is 1. The SMILES string of the molecule is O=C(CCc1ccccn1)N1CCN([C@H]2CCCN(Cc3ccccc3)C2=O)CC1. The van der Waals surface area contributed by atoms with Crippen LogP contribution in [0.5, 0.6) is 0 Å². The highest BCUT2D eigenvalue weighted by atomic mass is 16.2. The number of nitrogens with zero attached hydrogens (tertiary/aromatic N) is 4. The Morgan fingerprint density at radius 2 is 1.73 bits per heavy atom. The first-order valence-electron chi connectivity index (χ1n) is 10.9. The number of piperazine rings is 1. The first-order valence-corrected chi connectivity index (χ1v) is 10.9. The first kappa shape index (κ1) is 20.5. The number of carbonyl (C=O) groups is 2. The Morgan fingerprint density at radius 1 is 0.967 bits per heavy atom. The average molecular weight is 407 g/mol. The number of rotatable bonds is 6. The van der Waals surface area contributed by atoms with Crippen LogP contribution in [0.15, 0.2) is 54.7 Å². The zero-order valence-electron chi connectivity index (χ0n) is 17.4. The van der Waals surface area contributed by atoms with Crippen molar-refractivity contribution in [3.63, 3.8) is 0 Å². The van der Waals surface area contributed by atoms with E-state index in [4.69, 9.17) is 0 Å². The van der Waals surface area contributed by atoms with Crippen LogP contribution in [0, 0.1) is 0 Å². The highest BCUT2D eigenvalue weighted by Crippen LogP contribution is 2.21. The lowest BCUT2D eigenvalue weighted by atomic mass is 10.0. The molecule has 2 amide bonds. The predicted molar refractivity (Wildman–Crippen MR) is 116 cm³/mol. The summed E-state index contributed by atoms with van der Waals surface area (Å²) in [5, 5.41) is 0. The number of hydrogen-bond donors (Lipinski definition) is 0. The number of carbonyl (C=O) groups excluding carboxylic acids is 2. The summed E-state index contributed by atoms with van der Waals surface area (Å²) in [4.78, 5) is 36.2. The topological polar surface area (TPSA) is 56.8 Å². The van der Waals surface area contributed by atoms with Crippen LogP contribution < -0.4 is 0 Å². The largest absolute Gasteiger partial charge is 0.340 e. The van der Waals surface area contributed by atoms with Crippen molar-refractivity contribution in [2.24, 2.45) is 0 Å². The fraction of sp³-hybridized carbons (Fsp3) is 0.458. The van der Waals surface area contributed by atoms with Crippen molar-refractivity contribution in [2.75, 3.05) is 32.7 Å². The van der Waals surface area contributed by atoms with Gasteiger partial charge >= 0.3 is 0 Å². The summed E-state index contributed by atoms with van der Waals surface area (Å²) < 4.78 is 0. The third-order valence-electron chi connectivity index (χ3n) is 6.15. The Kier molecular flexibility index (Phi) is 6.74. The van der Waals surface area contributed by atoms with Gasteiger partial charge in [0.25, 0.3) is 0 Å². The smallest absolute Gasteiger partial charge is 0.240 e. The fourth-order valence-electron chi connectivity index (χ4n) is 4.44. The Labute approximate surface area is 178 Å².